The van der Waals surface area contributed by atoms with Gasteiger partial charge in [-0.3, -0.25) is 14.5 Å². The molecule has 2 amide bonds. The maximum atomic E-state index is 13.2. The van der Waals surface area contributed by atoms with Gasteiger partial charge in [0.2, 0.25) is 11.8 Å². The zero-order valence-corrected chi connectivity index (χ0v) is 15.9. The van der Waals surface area contributed by atoms with Gasteiger partial charge in [0.25, 0.3) is 0 Å². The maximum Gasteiger partial charge on any atom is 0.246 e. The van der Waals surface area contributed by atoms with Gasteiger partial charge in [0, 0.05) is 12.2 Å². The number of hydrogen-bond acceptors (Lipinski definition) is 3. The van der Waals surface area contributed by atoms with Crippen LogP contribution in [0.1, 0.15) is 35.6 Å². The molecule has 0 unspecified atom stereocenters. The average molecular weight is 365 g/mol. The lowest BCUT2D eigenvalue weighted by molar-refractivity contribution is -0.127. The number of nitrogens with one attached hydrogen (secondary N) is 1. The third-order valence-corrected chi connectivity index (χ3v) is 5.07. The minimum atomic E-state index is -0.450. The van der Waals surface area contributed by atoms with Gasteiger partial charge in [0.05, 0.1) is 5.92 Å². The van der Waals surface area contributed by atoms with Crippen LogP contribution in [-0.2, 0) is 9.59 Å². The third-order valence-electron chi connectivity index (χ3n) is 5.07. The number of nitrogens with two attached hydrogens (primary N) is 1. The molecule has 0 aliphatic carbocycles. The van der Waals surface area contributed by atoms with E-state index in [0.717, 1.165) is 41.8 Å². The van der Waals surface area contributed by atoms with Crippen molar-refractivity contribution in [3.63, 3.8) is 0 Å². The predicted molar refractivity (Wildman–Crippen MR) is 107 cm³/mol. The zero-order chi connectivity index (χ0) is 19.4. The lowest BCUT2D eigenvalue weighted by Crippen LogP contribution is -2.46. The van der Waals surface area contributed by atoms with Crippen molar-refractivity contribution >= 4 is 17.5 Å². The minimum absolute atomic E-state index is 0.0867. The average Bonchev–Trinajstić information content (AvgIpc) is 2.62. The monoisotopic (exact) mass is 365 g/mol. The van der Waals surface area contributed by atoms with E-state index in [1.54, 1.807) is 0 Å². The van der Waals surface area contributed by atoms with Gasteiger partial charge >= 0.3 is 0 Å². The van der Waals surface area contributed by atoms with Crippen LogP contribution in [0, 0.1) is 19.8 Å². The maximum absolute atomic E-state index is 13.2. The summed E-state index contributed by atoms with van der Waals surface area (Å²) in [6.07, 6.45) is 1.64. The van der Waals surface area contributed by atoms with E-state index < -0.39 is 6.04 Å². The normalized spacial score (nSPS) is 18.7. The lowest BCUT2D eigenvalue weighted by Gasteiger charge is -2.36. The molecule has 27 heavy (non-hydrogen) atoms. The summed E-state index contributed by atoms with van der Waals surface area (Å²) in [4.78, 5) is 27.0. The van der Waals surface area contributed by atoms with Gasteiger partial charge in [-0.25, -0.2) is 0 Å². The summed E-state index contributed by atoms with van der Waals surface area (Å²) in [5, 5.41) is 3.07. The fraction of sp³-hybridized carbons (Fsp3) is 0.364. The Hall–Kier alpha value is -2.66. The number of piperidine rings is 1. The molecule has 3 rings (SSSR count). The first-order chi connectivity index (χ1) is 12.9. The Morgan fingerprint density at radius 2 is 1.78 bits per heavy atom. The molecule has 1 aliphatic rings. The molecule has 2 aromatic rings. The van der Waals surface area contributed by atoms with Crippen LogP contribution >= 0.6 is 0 Å². The number of likely N-dealkylation sites (tertiary alicyclic amines) is 1. The van der Waals surface area contributed by atoms with Crippen molar-refractivity contribution in [1.82, 2.24) is 4.90 Å². The molecular formula is C22H27N3O2. The van der Waals surface area contributed by atoms with Crippen LogP contribution < -0.4 is 11.1 Å². The Balaban J connectivity index is 1.87. The highest BCUT2D eigenvalue weighted by atomic mass is 16.2. The van der Waals surface area contributed by atoms with Crippen LogP contribution in [-0.4, -0.2) is 29.8 Å². The molecule has 0 aromatic heterocycles. The number of amides is 2. The summed E-state index contributed by atoms with van der Waals surface area (Å²) < 4.78 is 0. The number of carbonyl (C=O) groups excluding carboxylic acids is 2. The number of benzene rings is 2. The number of carbonyl (C=O) groups is 2. The first-order valence-electron chi connectivity index (χ1n) is 9.41. The Labute approximate surface area is 160 Å². The highest BCUT2D eigenvalue weighted by Gasteiger charge is 2.33. The highest BCUT2D eigenvalue weighted by Crippen LogP contribution is 2.28. The van der Waals surface area contributed by atoms with Gasteiger partial charge in [0.1, 0.15) is 6.04 Å². The molecule has 0 saturated carbocycles. The van der Waals surface area contributed by atoms with Crippen LogP contribution in [0.5, 0.6) is 0 Å². The zero-order valence-electron chi connectivity index (χ0n) is 15.9. The van der Waals surface area contributed by atoms with E-state index in [9.17, 15) is 9.59 Å². The summed E-state index contributed by atoms with van der Waals surface area (Å²) in [5.41, 5.74) is 9.46. The molecule has 2 aromatic carbocycles. The summed E-state index contributed by atoms with van der Waals surface area (Å²) >= 11 is 0. The second-order valence-corrected chi connectivity index (χ2v) is 7.42. The number of hydrogen-bond donors (Lipinski definition) is 2. The largest absolute Gasteiger partial charge is 0.369 e. The summed E-state index contributed by atoms with van der Waals surface area (Å²) in [7, 11) is 0. The predicted octanol–water partition coefficient (Wildman–Crippen LogP) is 3.18. The minimum Gasteiger partial charge on any atom is -0.369 e. The number of rotatable bonds is 5. The first kappa shape index (κ1) is 19.1. The molecule has 142 valence electrons. The van der Waals surface area contributed by atoms with E-state index in [2.05, 4.69) is 16.3 Å². The number of nitrogens with zero attached hydrogens (tertiary/aromatic N) is 1. The van der Waals surface area contributed by atoms with E-state index >= 15 is 0 Å². The molecule has 0 radical (unpaired) electrons. The summed E-state index contributed by atoms with van der Waals surface area (Å²) in [6, 6.07) is 15.3. The lowest BCUT2D eigenvalue weighted by atomic mass is 9.94. The van der Waals surface area contributed by atoms with Crippen molar-refractivity contribution in [2.24, 2.45) is 11.7 Å². The van der Waals surface area contributed by atoms with Gasteiger partial charge < -0.3 is 11.1 Å². The summed E-state index contributed by atoms with van der Waals surface area (Å²) in [5.74, 6) is -0.587. The molecule has 0 spiro atoms. The summed E-state index contributed by atoms with van der Waals surface area (Å²) in [6.45, 7) is 5.30. The SMILES string of the molecule is Cc1cc(C)cc(NC(=O)[C@@H](c2ccccc2)N2CCC[C@H](C(N)=O)C2)c1. The smallest absolute Gasteiger partial charge is 0.246 e. The quantitative estimate of drug-likeness (QED) is 0.854. The topological polar surface area (TPSA) is 75.4 Å². The molecular weight excluding hydrogens is 338 g/mol. The van der Waals surface area contributed by atoms with Crippen LogP contribution in [0.2, 0.25) is 0 Å². The molecule has 1 saturated heterocycles. The molecule has 1 fully saturated rings. The number of anilines is 1. The second-order valence-electron chi connectivity index (χ2n) is 7.42. The van der Waals surface area contributed by atoms with Gasteiger partial charge in [-0.05, 0) is 62.1 Å². The number of aryl methyl sites for hydroxylation is 2. The fourth-order valence-electron chi connectivity index (χ4n) is 3.89. The standard InChI is InChI=1S/C22H27N3O2/c1-15-11-16(2)13-19(12-15)24-22(27)20(17-7-4-3-5-8-17)25-10-6-9-18(14-25)21(23)26/h3-5,7-8,11-13,18,20H,6,9-10,14H2,1-2H3,(H2,23,26)(H,24,27)/t18-,20+/m0/s1. The van der Waals surface area contributed by atoms with E-state index in [-0.39, 0.29) is 17.7 Å². The highest BCUT2D eigenvalue weighted by molar-refractivity contribution is 5.95. The third kappa shape index (κ3) is 4.74. The first-order valence-corrected chi connectivity index (χ1v) is 9.41. The van der Waals surface area contributed by atoms with E-state index in [4.69, 9.17) is 5.73 Å². The van der Waals surface area contributed by atoms with Gasteiger partial charge in [0.15, 0.2) is 0 Å². The number of primary amides is 1. The Morgan fingerprint density at radius 3 is 2.41 bits per heavy atom. The molecule has 5 nitrogen and oxygen atoms in total. The van der Waals surface area contributed by atoms with Gasteiger partial charge in [-0.15, -0.1) is 0 Å². The molecule has 1 heterocycles. The van der Waals surface area contributed by atoms with Crippen molar-refractivity contribution in [3.05, 3.63) is 65.2 Å². The van der Waals surface area contributed by atoms with Crippen LogP contribution in [0.25, 0.3) is 0 Å². The van der Waals surface area contributed by atoms with Crippen molar-refractivity contribution in [2.75, 3.05) is 18.4 Å². The van der Waals surface area contributed by atoms with E-state index in [0.29, 0.717) is 6.54 Å². The van der Waals surface area contributed by atoms with E-state index in [1.807, 2.05) is 56.3 Å². The van der Waals surface area contributed by atoms with E-state index in [1.165, 1.54) is 0 Å². The molecule has 0 bridgehead atoms. The van der Waals surface area contributed by atoms with Crippen molar-refractivity contribution in [1.29, 1.82) is 0 Å². The van der Waals surface area contributed by atoms with Crippen LogP contribution in [0.3, 0.4) is 0 Å². The fourth-order valence-corrected chi connectivity index (χ4v) is 3.89. The van der Waals surface area contributed by atoms with Gasteiger partial charge in [-0.1, -0.05) is 36.4 Å². The molecule has 1 aliphatic heterocycles. The molecule has 2 atom stereocenters. The van der Waals surface area contributed by atoms with Crippen molar-refractivity contribution < 1.29 is 9.59 Å². The second kappa shape index (κ2) is 8.35. The Morgan fingerprint density at radius 1 is 1.11 bits per heavy atom. The van der Waals surface area contributed by atoms with Crippen molar-refractivity contribution in [3.8, 4) is 0 Å². The molecule has 5 heteroatoms. The van der Waals surface area contributed by atoms with Crippen molar-refractivity contribution in [2.45, 2.75) is 32.7 Å². The van der Waals surface area contributed by atoms with Crippen LogP contribution in [0.4, 0.5) is 5.69 Å². The molecule has 3 N–H and O–H groups in total. The Bertz CT molecular complexity index is 799. The Kier molecular flexibility index (Phi) is 5.91. The van der Waals surface area contributed by atoms with Crippen LogP contribution in [0.15, 0.2) is 48.5 Å². The van der Waals surface area contributed by atoms with Gasteiger partial charge in [-0.2, -0.15) is 0 Å².